The van der Waals surface area contributed by atoms with Crippen LogP contribution in [0, 0.1) is 6.92 Å². The average Bonchev–Trinajstić information content (AvgIpc) is 2.65. The van der Waals surface area contributed by atoms with Crippen molar-refractivity contribution < 1.29 is 9.53 Å². The molecule has 1 fully saturated rings. The second kappa shape index (κ2) is 8.29. The van der Waals surface area contributed by atoms with Crippen molar-refractivity contribution in [3.63, 3.8) is 0 Å². The minimum absolute atomic E-state index is 0.0781. The summed E-state index contributed by atoms with van der Waals surface area (Å²) < 4.78 is 6.91. The predicted octanol–water partition coefficient (Wildman–Crippen LogP) is 1.50. The molecule has 3 rings (SSSR count). The number of morpholine rings is 1. The SMILES string of the molecule is Cc1cccc(C(CNC(=O)c2ccn(C)c(=O)c2)N2CCOCC2)c1. The molecule has 0 spiro atoms. The summed E-state index contributed by atoms with van der Waals surface area (Å²) in [5.74, 6) is -0.228. The Kier molecular flexibility index (Phi) is 5.85. The molecule has 1 saturated heterocycles. The van der Waals surface area contributed by atoms with E-state index in [1.54, 1.807) is 19.3 Å². The van der Waals surface area contributed by atoms with Crippen molar-refractivity contribution >= 4 is 5.91 Å². The molecule has 1 aromatic heterocycles. The monoisotopic (exact) mass is 355 g/mol. The topological polar surface area (TPSA) is 63.6 Å². The van der Waals surface area contributed by atoms with Gasteiger partial charge in [0, 0.05) is 44.5 Å². The molecule has 1 N–H and O–H groups in total. The quantitative estimate of drug-likeness (QED) is 0.883. The number of rotatable bonds is 5. The van der Waals surface area contributed by atoms with Crippen molar-refractivity contribution in [3.8, 4) is 0 Å². The van der Waals surface area contributed by atoms with Crippen molar-refractivity contribution in [1.82, 2.24) is 14.8 Å². The van der Waals surface area contributed by atoms with Crippen LogP contribution in [0.5, 0.6) is 0 Å². The fraction of sp³-hybridized carbons (Fsp3) is 0.400. The lowest BCUT2D eigenvalue weighted by atomic mass is 10.0. The van der Waals surface area contributed by atoms with Gasteiger partial charge in [-0.05, 0) is 18.6 Å². The van der Waals surface area contributed by atoms with E-state index in [0.29, 0.717) is 25.3 Å². The number of amides is 1. The fourth-order valence-electron chi connectivity index (χ4n) is 3.21. The molecule has 2 aromatic rings. The summed E-state index contributed by atoms with van der Waals surface area (Å²) in [6, 6.07) is 11.5. The number of carbonyl (C=O) groups excluding carboxylic acids is 1. The molecule has 1 unspecified atom stereocenters. The zero-order chi connectivity index (χ0) is 18.5. The first kappa shape index (κ1) is 18.4. The number of carbonyl (C=O) groups is 1. The summed E-state index contributed by atoms with van der Waals surface area (Å²) in [6.45, 7) is 5.62. The summed E-state index contributed by atoms with van der Waals surface area (Å²) in [7, 11) is 1.66. The molecule has 6 heteroatoms. The Bertz CT molecular complexity index is 825. The molecule has 2 heterocycles. The Morgan fingerprint density at radius 2 is 2.00 bits per heavy atom. The van der Waals surface area contributed by atoms with E-state index in [1.807, 2.05) is 6.07 Å². The molecule has 1 amide bonds. The maximum Gasteiger partial charge on any atom is 0.251 e. The Morgan fingerprint density at radius 3 is 2.69 bits per heavy atom. The highest BCUT2D eigenvalue weighted by Gasteiger charge is 2.23. The van der Waals surface area contributed by atoms with E-state index >= 15 is 0 Å². The van der Waals surface area contributed by atoms with Gasteiger partial charge >= 0.3 is 0 Å². The molecular formula is C20H25N3O3. The summed E-state index contributed by atoms with van der Waals surface area (Å²) in [6.07, 6.45) is 1.61. The van der Waals surface area contributed by atoms with Gasteiger partial charge in [0.1, 0.15) is 0 Å². The lowest BCUT2D eigenvalue weighted by molar-refractivity contribution is 0.0162. The van der Waals surface area contributed by atoms with Crippen LogP contribution >= 0.6 is 0 Å². The standard InChI is InChI=1S/C20H25N3O3/c1-15-4-3-5-16(12-15)18(23-8-10-26-11-9-23)14-21-20(25)17-6-7-22(2)19(24)13-17/h3-7,12-13,18H,8-11,14H2,1-2H3,(H,21,25). The molecule has 0 aliphatic carbocycles. The van der Waals surface area contributed by atoms with Crippen LogP contribution in [0.1, 0.15) is 27.5 Å². The number of ether oxygens (including phenoxy) is 1. The first-order valence-corrected chi connectivity index (χ1v) is 8.88. The normalized spacial score (nSPS) is 16.2. The second-order valence-electron chi connectivity index (χ2n) is 6.65. The van der Waals surface area contributed by atoms with Crippen LogP contribution in [-0.4, -0.2) is 48.2 Å². The van der Waals surface area contributed by atoms with E-state index in [0.717, 1.165) is 13.1 Å². The van der Waals surface area contributed by atoms with E-state index in [4.69, 9.17) is 4.74 Å². The van der Waals surface area contributed by atoms with Crippen molar-refractivity contribution in [1.29, 1.82) is 0 Å². The Balaban J connectivity index is 1.75. The van der Waals surface area contributed by atoms with Gasteiger partial charge in [0.15, 0.2) is 0 Å². The maximum absolute atomic E-state index is 12.5. The molecule has 1 aliphatic heterocycles. The number of hydrogen-bond donors (Lipinski definition) is 1. The van der Waals surface area contributed by atoms with Gasteiger partial charge in [-0.2, -0.15) is 0 Å². The lowest BCUT2D eigenvalue weighted by Crippen LogP contribution is -2.44. The van der Waals surface area contributed by atoms with Crippen LogP contribution in [0.4, 0.5) is 0 Å². The molecule has 0 saturated carbocycles. The van der Waals surface area contributed by atoms with Gasteiger partial charge in [0.05, 0.1) is 19.3 Å². The zero-order valence-corrected chi connectivity index (χ0v) is 15.3. The third-order valence-corrected chi connectivity index (χ3v) is 4.74. The number of pyridine rings is 1. The Morgan fingerprint density at radius 1 is 1.23 bits per heavy atom. The zero-order valence-electron chi connectivity index (χ0n) is 15.3. The van der Waals surface area contributed by atoms with E-state index < -0.39 is 0 Å². The van der Waals surface area contributed by atoms with Crippen molar-refractivity contribution in [2.24, 2.45) is 7.05 Å². The minimum Gasteiger partial charge on any atom is -0.379 e. The smallest absolute Gasteiger partial charge is 0.251 e. The van der Waals surface area contributed by atoms with Crippen molar-refractivity contribution in [3.05, 3.63) is 69.6 Å². The number of aromatic nitrogens is 1. The minimum atomic E-state index is -0.228. The lowest BCUT2D eigenvalue weighted by Gasteiger charge is -2.35. The second-order valence-corrected chi connectivity index (χ2v) is 6.65. The predicted molar refractivity (Wildman–Crippen MR) is 100 cm³/mol. The Hall–Kier alpha value is -2.44. The molecule has 6 nitrogen and oxygen atoms in total. The van der Waals surface area contributed by atoms with Crippen LogP contribution < -0.4 is 10.9 Å². The van der Waals surface area contributed by atoms with Gasteiger partial charge in [-0.15, -0.1) is 0 Å². The van der Waals surface area contributed by atoms with E-state index in [1.165, 1.54) is 21.8 Å². The average molecular weight is 355 g/mol. The Labute approximate surface area is 153 Å². The van der Waals surface area contributed by atoms with Gasteiger partial charge < -0.3 is 14.6 Å². The highest BCUT2D eigenvalue weighted by atomic mass is 16.5. The first-order valence-electron chi connectivity index (χ1n) is 8.88. The summed E-state index contributed by atoms with van der Waals surface area (Å²) in [5.41, 5.74) is 2.56. The molecule has 138 valence electrons. The molecule has 1 atom stereocenters. The van der Waals surface area contributed by atoms with E-state index in [-0.39, 0.29) is 17.5 Å². The van der Waals surface area contributed by atoms with Gasteiger partial charge in [-0.1, -0.05) is 29.8 Å². The van der Waals surface area contributed by atoms with Gasteiger partial charge in [0.2, 0.25) is 0 Å². The summed E-state index contributed by atoms with van der Waals surface area (Å²) >= 11 is 0. The highest BCUT2D eigenvalue weighted by molar-refractivity contribution is 5.94. The fourth-order valence-corrected chi connectivity index (χ4v) is 3.21. The molecule has 1 aromatic carbocycles. The van der Waals surface area contributed by atoms with Crippen molar-refractivity contribution in [2.45, 2.75) is 13.0 Å². The molecule has 26 heavy (non-hydrogen) atoms. The van der Waals surface area contributed by atoms with Gasteiger partial charge in [0.25, 0.3) is 11.5 Å². The number of hydrogen-bond acceptors (Lipinski definition) is 4. The van der Waals surface area contributed by atoms with E-state index in [9.17, 15) is 9.59 Å². The number of benzene rings is 1. The number of nitrogens with zero attached hydrogens (tertiary/aromatic N) is 2. The van der Waals surface area contributed by atoms with Crippen LogP contribution in [0.25, 0.3) is 0 Å². The third kappa shape index (κ3) is 4.39. The van der Waals surface area contributed by atoms with Crippen molar-refractivity contribution in [2.75, 3.05) is 32.8 Å². The molecule has 1 aliphatic rings. The largest absolute Gasteiger partial charge is 0.379 e. The molecular weight excluding hydrogens is 330 g/mol. The summed E-state index contributed by atoms with van der Waals surface area (Å²) in [5, 5.41) is 2.99. The highest BCUT2D eigenvalue weighted by Crippen LogP contribution is 2.22. The van der Waals surface area contributed by atoms with Crippen LogP contribution in [-0.2, 0) is 11.8 Å². The summed E-state index contributed by atoms with van der Waals surface area (Å²) in [4.78, 5) is 26.6. The third-order valence-electron chi connectivity index (χ3n) is 4.74. The molecule has 0 bridgehead atoms. The number of aryl methyl sites for hydroxylation is 2. The van der Waals surface area contributed by atoms with Crippen LogP contribution in [0.3, 0.4) is 0 Å². The van der Waals surface area contributed by atoms with Gasteiger partial charge in [-0.25, -0.2) is 0 Å². The molecule has 0 radical (unpaired) electrons. The maximum atomic E-state index is 12.5. The van der Waals surface area contributed by atoms with Crippen LogP contribution in [0.15, 0.2) is 47.4 Å². The van der Waals surface area contributed by atoms with E-state index in [2.05, 4.69) is 35.3 Å². The first-order chi connectivity index (χ1) is 12.5. The number of nitrogens with one attached hydrogen (secondary N) is 1. The van der Waals surface area contributed by atoms with Crippen LogP contribution in [0.2, 0.25) is 0 Å². The van der Waals surface area contributed by atoms with Gasteiger partial charge in [-0.3, -0.25) is 14.5 Å².